The van der Waals surface area contributed by atoms with Crippen molar-refractivity contribution < 1.29 is 14.3 Å². The molecule has 2 atom stereocenters. The van der Waals surface area contributed by atoms with Gasteiger partial charge in [0.1, 0.15) is 23.7 Å². The van der Waals surface area contributed by atoms with E-state index in [0.29, 0.717) is 12.5 Å². The maximum absolute atomic E-state index is 11.4. The Balaban J connectivity index is 1.31. The van der Waals surface area contributed by atoms with Crippen molar-refractivity contribution in [2.24, 2.45) is 0 Å². The average molecular weight is 423 g/mol. The molecule has 1 aliphatic heterocycles. The third-order valence-corrected chi connectivity index (χ3v) is 6.41. The predicted molar refractivity (Wildman–Crippen MR) is 123 cm³/mol. The highest BCUT2D eigenvalue weighted by atomic mass is 16.5. The van der Waals surface area contributed by atoms with E-state index in [-0.39, 0.29) is 17.8 Å². The van der Waals surface area contributed by atoms with E-state index < -0.39 is 0 Å². The minimum atomic E-state index is 0.163. The summed E-state index contributed by atoms with van der Waals surface area (Å²) >= 11 is 0. The van der Waals surface area contributed by atoms with Crippen LogP contribution in [-0.4, -0.2) is 36.1 Å². The summed E-state index contributed by atoms with van der Waals surface area (Å²) in [4.78, 5) is 18.1. The molecule has 1 aromatic carbocycles. The molecule has 0 N–H and O–H groups in total. The predicted octanol–water partition coefficient (Wildman–Crippen LogP) is 5.53. The lowest BCUT2D eigenvalue weighted by atomic mass is 9.96. The van der Waals surface area contributed by atoms with Gasteiger partial charge in [-0.05, 0) is 62.3 Å². The third-order valence-electron chi connectivity index (χ3n) is 6.41. The van der Waals surface area contributed by atoms with Crippen LogP contribution in [0.25, 0.3) is 0 Å². The molecule has 0 unspecified atom stereocenters. The van der Waals surface area contributed by atoms with E-state index in [4.69, 9.17) is 9.47 Å². The average Bonchev–Trinajstić information content (AvgIpc) is 3.23. The molecule has 1 aliphatic carbocycles. The zero-order chi connectivity index (χ0) is 21.6. The Morgan fingerprint density at radius 2 is 1.84 bits per heavy atom. The van der Waals surface area contributed by atoms with Gasteiger partial charge in [-0.25, -0.2) is 4.98 Å². The molecule has 2 aromatic rings. The molecule has 2 heterocycles. The fourth-order valence-electron chi connectivity index (χ4n) is 4.69. The van der Waals surface area contributed by atoms with E-state index in [0.717, 1.165) is 49.7 Å². The van der Waals surface area contributed by atoms with E-state index in [1.54, 1.807) is 6.92 Å². The lowest BCUT2D eigenvalue weighted by Crippen LogP contribution is -2.25. The number of hydrogen-bond acceptors (Lipinski definition) is 5. The zero-order valence-corrected chi connectivity index (χ0v) is 18.8. The van der Waals surface area contributed by atoms with Crippen LogP contribution in [0, 0.1) is 0 Å². The summed E-state index contributed by atoms with van der Waals surface area (Å²) in [5.41, 5.74) is 2.33. The molecule has 0 spiro atoms. The number of ketones is 1. The molecule has 4 rings (SSSR count). The molecule has 0 radical (unpaired) electrons. The normalized spacial score (nSPS) is 20.5. The summed E-state index contributed by atoms with van der Waals surface area (Å²) in [6.07, 6.45) is 10.0. The van der Waals surface area contributed by atoms with Crippen molar-refractivity contribution in [3.8, 4) is 11.6 Å². The fourth-order valence-corrected chi connectivity index (χ4v) is 4.69. The maximum atomic E-state index is 11.4. The van der Waals surface area contributed by atoms with Crippen LogP contribution in [0.5, 0.6) is 11.6 Å². The van der Waals surface area contributed by atoms with Crippen LogP contribution in [0.1, 0.15) is 70.3 Å². The minimum absolute atomic E-state index is 0.163. The number of benzene rings is 1. The Morgan fingerprint density at radius 3 is 2.58 bits per heavy atom. The number of nitrogens with zero attached hydrogens (tertiary/aromatic N) is 2. The molecule has 1 aromatic heterocycles. The van der Waals surface area contributed by atoms with Crippen LogP contribution in [0.3, 0.4) is 0 Å². The number of hydrogen-bond donors (Lipinski definition) is 0. The van der Waals surface area contributed by atoms with Crippen molar-refractivity contribution in [1.29, 1.82) is 0 Å². The summed E-state index contributed by atoms with van der Waals surface area (Å²) in [5.74, 6) is 2.10. The van der Waals surface area contributed by atoms with Gasteiger partial charge in [0.05, 0.1) is 6.54 Å². The summed E-state index contributed by atoms with van der Waals surface area (Å²) in [7, 11) is 0. The number of pyridine rings is 1. The fraction of sp³-hybridized carbons (Fsp3) is 0.538. The Bertz CT molecular complexity index is 861. The molecule has 5 nitrogen and oxygen atoms in total. The van der Waals surface area contributed by atoms with E-state index in [1.165, 1.54) is 24.8 Å². The number of carbonyl (C=O) groups is 1. The van der Waals surface area contributed by atoms with Gasteiger partial charge >= 0.3 is 0 Å². The van der Waals surface area contributed by atoms with Gasteiger partial charge < -0.3 is 19.2 Å². The van der Waals surface area contributed by atoms with Crippen molar-refractivity contribution in [2.75, 3.05) is 18.0 Å². The largest absolute Gasteiger partial charge is 0.489 e. The topological polar surface area (TPSA) is 51.7 Å². The molecule has 31 heavy (non-hydrogen) atoms. The second-order valence-corrected chi connectivity index (χ2v) is 9.08. The molecule has 2 aliphatic rings. The number of Topliss-reactive ketones (excluding diaryl/α,β-unsaturated/α-hetero) is 1. The van der Waals surface area contributed by atoms with Crippen molar-refractivity contribution >= 4 is 11.5 Å². The van der Waals surface area contributed by atoms with Gasteiger partial charge in [0.15, 0.2) is 0 Å². The monoisotopic (exact) mass is 422 g/mol. The lowest BCUT2D eigenvalue weighted by Gasteiger charge is -2.24. The summed E-state index contributed by atoms with van der Waals surface area (Å²) < 4.78 is 12.4. The van der Waals surface area contributed by atoms with Gasteiger partial charge in [0.2, 0.25) is 5.88 Å². The molecular formula is C26H34N2O3. The number of aromatic nitrogens is 1. The summed E-state index contributed by atoms with van der Waals surface area (Å²) in [5, 5.41) is 0. The second kappa shape index (κ2) is 10.2. The minimum Gasteiger partial charge on any atom is -0.489 e. The highest BCUT2D eigenvalue weighted by Gasteiger charge is 2.25. The molecular weight excluding hydrogens is 388 g/mol. The standard InChI is InChI=1S/C26H34N2O3/c1-19(16-20(2)29)21-8-10-24(11-9-21)30-25-13-15-28(18-25)22-12-14-27-26(17-22)31-23-6-4-3-5-7-23/h8-12,14,17,19,23,25H,3-7,13,15-16,18H2,1-2H3/t19-,25-/m1/s1. The van der Waals surface area contributed by atoms with Gasteiger partial charge in [-0.2, -0.15) is 0 Å². The van der Waals surface area contributed by atoms with E-state index in [2.05, 4.69) is 41.1 Å². The number of rotatable bonds is 8. The molecule has 0 bridgehead atoms. The first-order valence-corrected chi connectivity index (χ1v) is 11.7. The molecule has 166 valence electrons. The summed E-state index contributed by atoms with van der Waals surface area (Å²) in [6.45, 7) is 5.56. The number of anilines is 1. The Hall–Kier alpha value is -2.56. The zero-order valence-electron chi connectivity index (χ0n) is 18.8. The Kier molecular flexibility index (Phi) is 7.10. The molecule has 5 heteroatoms. The highest BCUT2D eigenvalue weighted by molar-refractivity contribution is 5.76. The SMILES string of the molecule is CC(=O)C[C@@H](C)c1ccc(O[C@@H]2CCN(c3ccnc(OC4CCCCC4)c3)C2)cc1. The van der Waals surface area contributed by atoms with E-state index in [1.807, 2.05) is 18.3 Å². The lowest BCUT2D eigenvalue weighted by molar-refractivity contribution is -0.117. The summed E-state index contributed by atoms with van der Waals surface area (Å²) in [6, 6.07) is 12.3. The molecule has 1 saturated carbocycles. The number of ether oxygens (including phenoxy) is 2. The van der Waals surface area contributed by atoms with Gasteiger partial charge in [-0.15, -0.1) is 0 Å². The smallest absolute Gasteiger partial charge is 0.215 e. The van der Waals surface area contributed by atoms with Crippen LogP contribution >= 0.6 is 0 Å². The van der Waals surface area contributed by atoms with Gasteiger partial charge in [0.25, 0.3) is 0 Å². The van der Waals surface area contributed by atoms with Crippen molar-refractivity contribution in [1.82, 2.24) is 4.98 Å². The molecule has 0 amide bonds. The van der Waals surface area contributed by atoms with Gasteiger partial charge in [-0.3, -0.25) is 0 Å². The first-order chi connectivity index (χ1) is 15.1. The van der Waals surface area contributed by atoms with Crippen molar-refractivity contribution in [3.05, 3.63) is 48.2 Å². The maximum Gasteiger partial charge on any atom is 0.215 e. The van der Waals surface area contributed by atoms with E-state index >= 15 is 0 Å². The highest BCUT2D eigenvalue weighted by Crippen LogP contribution is 2.28. The van der Waals surface area contributed by atoms with Crippen LogP contribution in [0.4, 0.5) is 5.69 Å². The third kappa shape index (κ3) is 5.99. The number of carbonyl (C=O) groups excluding carboxylic acids is 1. The molecule has 2 fully saturated rings. The Labute approximate surface area is 185 Å². The van der Waals surface area contributed by atoms with Crippen molar-refractivity contribution in [2.45, 2.75) is 76.9 Å². The second-order valence-electron chi connectivity index (χ2n) is 9.08. The first-order valence-electron chi connectivity index (χ1n) is 11.7. The van der Waals surface area contributed by atoms with Crippen molar-refractivity contribution in [3.63, 3.8) is 0 Å². The van der Waals surface area contributed by atoms with Crippen LogP contribution < -0.4 is 14.4 Å². The quantitative estimate of drug-likeness (QED) is 0.560. The van der Waals surface area contributed by atoms with Crippen LogP contribution in [-0.2, 0) is 4.79 Å². The Morgan fingerprint density at radius 1 is 1.06 bits per heavy atom. The molecule has 1 saturated heterocycles. The van der Waals surface area contributed by atoms with Gasteiger partial charge in [0, 0.05) is 37.3 Å². The first kappa shape index (κ1) is 21.7. The van der Waals surface area contributed by atoms with Crippen LogP contribution in [0.15, 0.2) is 42.6 Å². The van der Waals surface area contributed by atoms with E-state index in [9.17, 15) is 4.79 Å². The van der Waals surface area contributed by atoms with Crippen LogP contribution in [0.2, 0.25) is 0 Å². The van der Waals surface area contributed by atoms with Gasteiger partial charge in [-0.1, -0.05) is 25.5 Å².